The first-order chi connectivity index (χ1) is 18.5. The summed E-state index contributed by atoms with van der Waals surface area (Å²) < 4.78 is 14.0. The van der Waals surface area contributed by atoms with E-state index in [2.05, 4.69) is 105 Å². The number of thiazole rings is 1. The Morgan fingerprint density at radius 2 is 1.32 bits per heavy atom. The number of hydrogen-bond donors (Lipinski definition) is 0. The molecular weight excluding hydrogens is 486 g/mol. The number of aromatic nitrogens is 1. The van der Waals surface area contributed by atoms with E-state index in [9.17, 15) is 0 Å². The van der Waals surface area contributed by atoms with Crippen LogP contribution in [0.1, 0.15) is 25.0 Å². The van der Waals surface area contributed by atoms with E-state index in [1.165, 1.54) is 27.0 Å². The molecule has 0 saturated heterocycles. The lowest BCUT2D eigenvalue weighted by Gasteiger charge is -2.25. The summed E-state index contributed by atoms with van der Waals surface area (Å²) in [6, 6.07) is 35.9. The lowest BCUT2D eigenvalue weighted by molar-refractivity contribution is 0.359. The van der Waals surface area contributed by atoms with Crippen molar-refractivity contribution in [2.75, 3.05) is 0 Å². The predicted molar refractivity (Wildman–Crippen MR) is 155 cm³/mol. The van der Waals surface area contributed by atoms with Gasteiger partial charge in [-0.2, -0.15) is 0 Å². The van der Waals surface area contributed by atoms with Crippen molar-refractivity contribution in [3.63, 3.8) is 0 Å². The zero-order valence-corrected chi connectivity index (χ0v) is 21.8. The van der Waals surface area contributed by atoms with Gasteiger partial charge in [-0.15, -0.1) is 11.3 Å². The second-order valence-electron chi connectivity index (χ2n) is 10.4. The fourth-order valence-electron chi connectivity index (χ4n) is 5.78. The number of fused-ring (bicyclic) bond motifs is 6. The molecule has 0 N–H and O–H groups in total. The Morgan fingerprint density at radius 1 is 0.579 bits per heavy atom. The van der Waals surface area contributed by atoms with Crippen molar-refractivity contribution in [3.8, 4) is 55.8 Å². The molecule has 1 aliphatic carbocycles. The Bertz CT molecular complexity index is 1880. The second kappa shape index (κ2) is 7.80. The zero-order valence-electron chi connectivity index (χ0n) is 21.0. The van der Waals surface area contributed by atoms with E-state index in [4.69, 9.17) is 14.5 Å². The van der Waals surface area contributed by atoms with E-state index in [1.54, 1.807) is 11.3 Å². The average Bonchev–Trinajstić information content (AvgIpc) is 3.48. The molecule has 0 radical (unpaired) electrons. The molecule has 0 saturated carbocycles. The van der Waals surface area contributed by atoms with Crippen LogP contribution in [0.5, 0.6) is 23.0 Å². The van der Waals surface area contributed by atoms with Crippen molar-refractivity contribution >= 4 is 21.6 Å². The highest BCUT2D eigenvalue weighted by molar-refractivity contribution is 7.21. The van der Waals surface area contributed by atoms with Crippen LogP contribution in [-0.2, 0) is 5.41 Å². The molecule has 3 nitrogen and oxygen atoms in total. The number of nitrogens with zero attached hydrogens (tertiary/aromatic N) is 1. The maximum atomic E-state index is 6.47. The van der Waals surface area contributed by atoms with Crippen LogP contribution in [0.3, 0.4) is 0 Å². The van der Waals surface area contributed by atoms with E-state index < -0.39 is 0 Å². The van der Waals surface area contributed by atoms with E-state index in [0.717, 1.165) is 50.2 Å². The molecule has 5 aromatic carbocycles. The van der Waals surface area contributed by atoms with E-state index >= 15 is 0 Å². The number of rotatable bonds is 2. The first-order valence-electron chi connectivity index (χ1n) is 12.8. The summed E-state index contributed by atoms with van der Waals surface area (Å²) in [5.74, 6) is 2.98. The smallest absolute Gasteiger partial charge is 0.170 e. The van der Waals surface area contributed by atoms with Gasteiger partial charge in [-0.05, 0) is 75.8 Å². The molecule has 1 aromatic heterocycles. The molecular formula is C34H23NO2S. The number of para-hydroxylation sites is 1. The maximum Gasteiger partial charge on any atom is 0.170 e. The quantitative estimate of drug-likeness (QED) is 0.232. The fourth-order valence-corrected chi connectivity index (χ4v) is 6.75. The molecule has 182 valence electrons. The largest absolute Gasteiger partial charge is 0.450 e. The monoisotopic (exact) mass is 509 g/mol. The van der Waals surface area contributed by atoms with Gasteiger partial charge in [0.05, 0.1) is 10.2 Å². The molecule has 38 heavy (non-hydrogen) atoms. The standard InChI is InChI=1S/C34H23NO2S/c1-34(2)25-11-4-3-10-23(25)24-18-30-31(19-26(24)34)36-28-15-14-21(17-29(28)37-30)20-8-7-9-22(16-20)33-35-27-12-5-6-13-32(27)38-33/h3-19H,1-2H3. The molecule has 0 unspecified atom stereocenters. The van der Waals surface area contributed by atoms with Gasteiger partial charge in [0.1, 0.15) is 5.01 Å². The molecule has 0 fully saturated rings. The minimum Gasteiger partial charge on any atom is -0.450 e. The fraction of sp³-hybridized carbons (Fsp3) is 0.0882. The van der Waals surface area contributed by atoms with E-state index in [0.29, 0.717) is 0 Å². The first-order valence-corrected chi connectivity index (χ1v) is 13.6. The van der Waals surface area contributed by atoms with Crippen molar-refractivity contribution in [3.05, 3.63) is 114 Å². The van der Waals surface area contributed by atoms with Crippen LogP contribution < -0.4 is 9.47 Å². The van der Waals surface area contributed by atoms with Crippen LogP contribution in [0.4, 0.5) is 0 Å². The van der Waals surface area contributed by atoms with Gasteiger partial charge >= 0.3 is 0 Å². The molecule has 0 bridgehead atoms. The molecule has 0 spiro atoms. The van der Waals surface area contributed by atoms with Crippen molar-refractivity contribution in [1.29, 1.82) is 0 Å². The number of ether oxygens (including phenoxy) is 2. The molecule has 1 aliphatic heterocycles. The van der Waals surface area contributed by atoms with Crippen LogP contribution in [0, 0.1) is 0 Å². The van der Waals surface area contributed by atoms with Crippen LogP contribution in [0.25, 0.3) is 43.0 Å². The second-order valence-corrected chi connectivity index (χ2v) is 11.5. The van der Waals surface area contributed by atoms with Gasteiger partial charge in [0, 0.05) is 11.0 Å². The van der Waals surface area contributed by atoms with Gasteiger partial charge in [-0.1, -0.05) is 74.5 Å². The topological polar surface area (TPSA) is 31.4 Å². The van der Waals surface area contributed by atoms with Gasteiger partial charge in [-0.25, -0.2) is 4.98 Å². The molecule has 2 heterocycles. The van der Waals surface area contributed by atoms with Crippen LogP contribution in [-0.4, -0.2) is 4.98 Å². The third-order valence-corrected chi connectivity index (χ3v) is 8.85. The number of hydrogen-bond acceptors (Lipinski definition) is 4. The Kier molecular flexibility index (Phi) is 4.44. The first kappa shape index (κ1) is 21.7. The Balaban J connectivity index is 1.16. The van der Waals surface area contributed by atoms with Crippen LogP contribution in [0.2, 0.25) is 0 Å². The lowest BCUT2D eigenvalue weighted by atomic mass is 9.82. The van der Waals surface area contributed by atoms with Gasteiger partial charge in [-0.3, -0.25) is 0 Å². The summed E-state index contributed by atoms with van der Waals surface area (Å²) in [4.78, 5) is 4.84. The summed E-state index contributed by atoms with van der Waals surface area (Å²) in [6.45, 7) is 4.55. The van der Waals surface area contributed by atoms with Crippen LogP contribution >= 0.6 is 11.3 Å². The maximum absolute atomic E-state index is 6.47. The normalized spacial score (nSPS) is 14.2. The highest BCUT2D eigenvalue weighted by atomic mass is 32.1. The summed E-state index contributed by atoms with van der Waals surface area (Å²) in [7, 11) is 0. The van der Waals surface area contributed by atoms with Gasteiger partial charge in [0.15, 0.2) is 23.0 Å². The predicted octanol–water partition coefficient (Wildman–Crippen LogP) is 9.83. The average molecular weight is 510 g/mol. The van der Waals surface area contributed by atoms with E-state index in [1.807, 2.05) is 12.1 Å². The SMILES string of the molecule is CC1(C)c2ccccc2-c2cc3c(cc21)Oc1ccc(-c2cccc(-c4nc5ccccc5s4)c2)cc1O3. The third kappa shape index (κ3) is 3.17. The lowest BCUT2D eigenvalue weighted by Crippen LogP contribution is -2.15. The minimum absolute atomic E-state index is 0.0806. The van der Waals surface area contributed by atoms with Crippen molar-refractivity contribution in [1.82, 2.24) is 4.98 Å². The van der Waals surface area contributed by atoms with Crippen molar-refractivity contribution in [2.24, 2.45) is 0 Å². The van der Waals surface area contributed by atoms with Gasteiger partial charge in [0.25, 0.3) is 0 Å². The number of benzene rings is 5. The summed E-state index contributed by atoms with van der Waals surface area (Å²) in [5, 5.41) is 1.02. The van der Waals surface area contributed by atoms with Gasteiger partial charge < -0.3 is 9.47 Å². The third-order valence-electron chi connectivity index (χ3n) is 7.77. The molecule has 2 aliphatic rings. The van der Waals surface area contributed by atoms with Crippen molar-refractivity contribution < 1.29 is 9.47 Å². The molecule has 8 rings (SSSR count). The van der Waals surface area contributed by atoms with E-state index in [-0.39, 0.29) is 5.41 Å². The molecule has 4 heteroatoms. The Labute approximate surface area is 225 Å². The molecule has 0 atom stereocenters. The summed E-state index contributed by atoms with van der Waals surface area (Å²) in [6.07, 6.45) is 0. The Hall–Kier alpha value is -4.41. The highest BCUT2D eigenvalue weighted by Crippen LogP contribution is 2.55. The van der Waals surface area contributed by atoms with Gasteiger partial charge in [0.2, 0.25) is 0 Å². The summed E-state index contributed by atoms with van der Waals surface area (Å²) in [5.41, 5.74) is 9.35. The Morgan fingerprint density at radius 3 is 2.24 bits per heavy atom. The van der Waals surface area contributed by atoms with Crippen molar-refractivity contribution in [2.45, 2.75) is 19.3 Å². The minimum atomic E-state index is -0.0806. The molecule has 0 amide bonds. The highest BCUT2D eigenvalue weighted by Gasteiger charge is 2.37. The zero-order chi connectivity index (χ0) is 25.4. The summed E-state index contributed by atoms with van der Waals surface area (Å²) >= 11 is 1.72. The molecule has 6 aromatic rings. The van der Waals surface area contributed by atoms with Crippen LogP contribution in [0.15, 0.2) is 103 Å².